The molecule has 2 unspecified atom stereocenters. The van der Waals surface area contributed by atoms with Crippen LogP contribution in [-0.4, -0.2) is 18.1 Å². The summed E-state index contributed by atoms with van der Waals surface area (Å²) < 4.78 is 5.78. The van der Waals surface area contributed by atoms with E-state index < -0.39 is 5.41 Å². The van der Waals surface area contributed by atoms with Crippen LogP contribution in [-0.2, 0) is 14.9 Å². The molecule has 3 heteroatoms. The van der Waals surface area contributed by atoms with Crippen LogP contribution in [0.1, 0.15) is 44.7 Å². The van der Waals surface area contributed by atoms with Crippen LogP contribution in [0.3, 0.4) is 0 Å². The molecule has 0 aromatic heterocycles. The van der Waals surface area contributed by atoms with E-state index in [0.717, 1.165) is 17.5 Å². The first-order chi connectivity index (χ1) is 11.5. The molecule has 0 spiro atoms. The van der Waals surface area contributed by atoms with Crippen LogP contribution < -0.4 is 5.73 Å². The normalized spacial score (nSPS) is 14.0. The van der Waals surface area contributed by atoms with Crippen molar-refractivity contribution in [1.82, 2.24) is 0 Å². The molecule has 0 saturated heterocycles. The fourth-order valence-electron chi connectivity index (χ4n) is 3.62. The standard InChI is InChI=1S/C21H27NO2/c1-4-20(24-17(3)23)21(15-16(2)22,18-11-7-5-8-12-18)19-13-9-6-10-14-19/h5-14,16,20H,4,15,22H2,1-3H3. The van der Waals surface area contributed by atoms with Crippen molar-refractivity contribution in [2.75, 3.05) is 0 Å². The first-order valence-electron chi connectivity index (χ1n) is 8.54. The maximum atomic E-state index is 11.8. The summed E-state index contributed by atoms with van der Waals surface area (Å²) in [4.78, 5) is 11.8. The number of nitrogens with two attached hydrogens (primary N) is 1. The summed E-state index contributed by atoms with van der Waals surface area (Å²) in [5.74, 6) is -0.261. The fraction of sp³-hybridized carbons (Fsp3) is 0.381. The summed E-state index contributed by atoms with van der Waals surface area (Å²) in [6.07, 6.45) is 1.15. The van der Waals surface area contributed by atoms with E-state index >= 15 is 0 Å². The highest BCUT2D eigenvalue weighted by atomic mass is 16.5. The minimum absolute atomic E-state index is 0.0324. The third kappa shape index (κ3) is 3.85. The van der Waals surface area contributed by atoms with Gasteiger partial charge in [-0.1, -0.05) is 67.6 Å². The lowest BCUT2D eigenvalue weighted by Crippen LogP contribution is -2.46. The Morgan fingerprint density at radius 1 is 1.04 bits per heavy atom. The lowest BCUT2D eigenvalue weighted by atomic mass is 9.66. The summed E-state index contributed by atoms with van der Waals surface area (Å²) in [7, 11) is 0. The molecule has 2 N–H and O–H groups in total. The second-order valence-electron chi connectivity index (χ2n) is 6.39. The van der Waals surface area contributed by atoms with Crippen molar-refractivity contribution in [3.05, 3.63) is 71.8 Å². The van der Waals surface area contributed by atoms with Crippen LogP contribution in [0, 0.1) is 0 Å². The SMILES string of the molecule is CCC(OC(C)=O)C(CC(C)N)(c1ccccc1)c1ccccc1. The van der Waals surface area contributed by atoms with Gasteiger partial charge in [0.2, 0.25) is 0 Å². The minimum Gasteiger partial charge on any atom is -0.461 e. The number of ether oxygens (including phenoxy) is 1. The van der Waals surface area contributed by atoms with Crippen molar-refractivity contribution in [1.29, 1.82) is 0 Å². The average molecular weight is 325 g/mol. The van der Waals surface area contributed by atoms with Gasteiger partial charge in [0.25, 0.3) is 0 Å². The fourth-order valence-corrected chi connectivity index (χ4v) is 3.62. The number of hydrogen-bond donors (Lipinski definition) is 1. The number of carbonyl (C=O) groups excluding carboxylic acids is 1. The van der Waals surface area contributed by atoms with Gasteiger partial charge in [0.15, 0.2) is 0 Å². The maximum Gasteiger partial charge on any atom is 0.302 e. The van der Waals surface area contributed by atoms with E-state index in [1.165, 1.54) is 6.92 Å². The molecule has 0 bridgehead atoms. The second-order valence-corrected chi connectivity index (χ2v) is 6.39. The van der Waals surface area contributed by atoms with Gasteiger partial charge in [0.05, 0.1) is 5.41 Å². The van der Waals surface area contributed by atoms with Gasteiger partial charge < -0.3 is 10.5 Å². The van der Waals surface area contributed by atoms with Crippen molar-refractivity contribution in [2.45, 2.75) is 51.2 Å². The Morgan fingerprint density at radius 3 is 1.83 bits per heavy atom. The Morgan fingerprint density at radius 2 is 1.50 bits per heavy atom. The van der Waals surface area contributed by atoms with E-state index in [2.05, 4.69) is 31.2 Å². The number of carbonyl (C=O) groups is 1. The summed E-state index contributed by atoms with van der Waals surface area (Å²) >= 11 is 0. The summed E-state index contributed by atoms with van der Waals surface area (Å²) in [6, 6.07) is 20.4. The lowest BCUT2D eigenvalue weighted by molar-refractivity contribution is -0.149. The molecule has 0 radical (unpaired) electrons. The zero-order chi connectivity index (χ0) is 17.6. The second kappa shape index (κ2) is 8.11. The van der Waals surface area contributed by atoms with Gasteiger partial charge in [-0.3, -0.25) is 4.79 Å². The van der Waals surface area contributed by atoms with Crippen LogP contribution in [0.25, 0.3) is 0 Å². The summed E-state index contributed by atoms with van der Waals surface area (Å²) in [5, 5.41) is 0. The molecule has 128 valence electrons. The quantitative estimate of drug-likeness (QED) is 0.781. The molecule has 24 heavy (non-hydrogen) atoms. The molecule has 0 aliphatic rings. The predicted octanol–water partition coefficient (Wildman–Crippen LogP) is 4.05. The molecule has 0 heterocycles. The highest BCUT2D eigenvalue weighted by Gasteiger charge is 2.43. The van der Waals surface area contributed by atoms with E-state index in [4.69, 9.17) is 10.5 Å². The Kier molecular flexibility index (Phi) is 6.16. The Bertz CT molecular complexity index is 598. The number of rotatable bonds is 7. The van der Waals surface area contributed by atoms with Crippen molar-refractivity contribution in [2.24, 2.45) is 5.73 Å². The van der Waals surface area contributed by atoms with Crippen molar-refractivity contribution in [3.63, 3.8) is 0 Å². The van der Waals surface area contributed by atoms with Gasteiger partial charge in [-0.05, 0) is 30.9 Å². The molecule has 2 atom stereocenters. The van der Waals surface area contributed by atoms with Gasteiger partial charge in [-0.2, -0.15) is 0 Å². The maximum absolute atomic E-state index is 11.8. The van der Waals surface area contributed by atoms with Gasteiger partial charge in [-0.15, -0.1) is 0 Å². The van der Waals surface area contributed by atoms with E-state index in [0.29, 0.717) is 6.42 Å². The molecule has 0 aliphatic heterocycles. The van der Waals surface area contributed by atoms with E-state index in [-0.39, 0.29) is 18.1 Å². The smallest absolute Gasteiger partial charge is 0.302 e. The average Bonchev–Trinajstić information content (AvgIpc) is 2.59. The number of hydrogen-bond acceptors (Lipinski definition) is 3. The molecule has 2 rings (SSSR count). The molecule has 2 aromatic rings. The molecule has 0 fully saturated rings. The molecule has 3 nitrogen and oxygen atoms in total. The number of esters is 1. The predicted molar refractivity (Wildman–Crippen MR) is 97.8 cm³/mol. The van der Waals surface area contributed by atoms with E-state index in [1.54, 1.807) is 0 Å². The molecular weight excluding hydrogens is 298 g/mol. The number of benzene rings is 2. The highest BCUT2D eigenvalue weighted by Crippen LogP contribution is 2.42. The first-order valence-corrected chi connectivity index (χ1v) is 8.54. The highest BCUT2D eigenvalue weighted by molar-refractivity contribution is 5.66. The van der Waals surface area contributed by atoms with Crippen LogP contribution in [0.5, 0.6) is 0 Å². The van der Waals surface area contributed by atoms with Gasteiger partial charge >= 0.3 is 5.97 Å². The Labute approximate surface area is 144 Å². The van der Waals surface area contributed by atoms with Crippen LogP contribution in [0.2, 0.25) is 0 Å². The monoisotopic (exact) mass is 325 g/mol. The Balaban J connectivity index is 2.70. The van der Waals surface area contributed by atoms with Crippen LogP contribution in [0.15, 0.2) is 60.7 Å². The molecule has 2 aromatic carbocycles. The third-order valence-corrected chi connectivity index (χ3v) is 4.45. The third-order valence-electron chi connectivity index (χ3n) is 4.45. The summed E-state index contributed by atoms with van der Waals surface area (Å²) in [5.41, 5.74) is 8.03. The van der Waals surface area contributed by atoms with E-state index in [1.807, 2.05) is 43.3 Å². The summed E-state index contributed by atoms with van der Waals surface area (Å²) in [6.45, 7) is 5.52. The van der Waals surface area contributed by atoms with Crippen molar-refractivity contribution < 1.29 is 9.53 Å². The zero-order valence-electron chi connectivity index (χ0n) is 14.7. The van der Waals surface area contributed by atoms with Crippen LogP contribution in [0.4, 0.5) is 0 Å². The minimum atomic E-state index is -0.461. The van der Waals surface area contributed by atoms with Crippen LogP contribution >= 0.6 is 0 Å². The van der Waals surface area contributed by atoms with Gasteiger partial charge in [-0.25, -0.2) is 0 Å². The topological polar surface area (TPSA) is 52.3 Å². The van der Waals surface area contributed by atoms with Crippen molar-refractivity contribution in [3.8, 4) is 0 Å². The Hall–Kier alpha value is -2.13. The van der Waals surface area contributed by atoms with Crippen molar-refractivity contribution >= 4 is 5.97 Å². The van der Waals surface area contributed by atoms with Gasteiger partial charge in [0, 0.05) is 13.0 Å². The largest absolute Gasteiger partial charge is 0.461 e. The lowest BCUT2D eigenvalue weighted by Gasteiger charge is -2.42. The zero-order valence-corrected chi connectivity index (χ0v) is 14.7. The van der Waals surface area contributed by atoms with E-state index in [9.17, 15) is 4.79 Å². The molecular formula is C21H27NO2. The molecule has 0 saturated carbocycles. The first kappa shape index (κ1) is 18.2. The van der Waals surface area contributed by atoms with Gasteiger partial charge in [0.1, 0.15) is 6.10 Å². The molecule has 0 amide bonds. The molecule has 0 aliphatic carbocycles.